The molecule has 126 valence electrons. The third-order valence-corrected chi connectivity index (χ3v) is 6.30. The van der Waals surface area contributed by atoms with E-state index >= 15 is 0 Å². The number of hydrogen-bond acceptors (Lipinski definition) is 5. The van der Waals surface area contributed by atoms with E-state index in [-0.39, 0.29) is 0 Å². The van der Waals surface area contributed by atoms with Crippen LogP contribution in [0.3, 0.4) is 0 Å². The van der Waals surface area contributed by atoms with Crippen molar-refractivity contribution in [1.82, 2.24) is 14.1 Å². The van der Waals surface area contributed by atoms with E-state index in [1.165, 1.54) is 35.5 Å². The number of hydrogen-bond donors (Lipinski definition) is 0. The molecule has 4 nitrogen and oxygen atoms in total. The van der Waals surface area contributed by atoms with Crippen molar-refractivity contribution in [3.63, 3.8) is 0 Å². The lowest BCUT2D eigenvalue weighted by Gasteiger charge is -2.45. The van der Waals surface area contributed by atoms with Gasteiger partial charge in [0.05, 0.1) is 12.7 Å². The van der Waals surface area contributed by atoms with Crippen molar-refractivity contribution in [3.8, 4) is 0 Å². The summed E-state index contributed by atoms with van der Waals surface area (Å²) in [5, 5.41) is 0. The summed E-state index contributed by atoms with van der Waals surface area (Å²) in [6, 6.07) is 7.62. The number of benzene rings is 1. The van der Waals surface area contributed by atoms with E-state index in [2.05, 4.69) is 46.3 Å². The molecule has 3 aliphatic rings. The van der Waals surface area contributed by atoms with Gasteiger partial charge in [-0.05, 0) is 55.6 Å². The maximum atomic E-state index is 5.85. The van der Waals surface area contributed by atoms with Gasteiger partial charge in [0, 0.05) is 50.2 Å². The van der Waals surface area contributed by atoms with Crippen molar-refractivity contribution in [2.75, 3.05) is 46.4 Å². The molecule has 0 bridgehead atoms. The number of morpholine rings is 1. The summed E-state index contributed by atoms with van der Waals surface area (Å²) in [5.74, 6) is 0. The van der Waals surface area contributed by atoms with Gasteiger partial charge < -0.3 is 9.64 Å². The second-order valence-corrected chi connectivity index (χ2v) is 8.36. The molecule has 2 fully saturated rings. The zero-order chi connectivity index (χ0) is 15.8. The van der Waals surface area contributed by atoms with Crippen molar-refractivity contribution in [3.05, 3.63) is 29.3 Å². The molecule has 0 spiro atoms. The molecular weight excluding hydrogens is 306 g/mol. The lowest BCUT2D eigenvalue weighted by molar-refractivity contribution is -0.0706. The van der Waals surface area contributed by atoms with Crippen LogP contribution in [-0.2, 0) is 17.7 Å². The van der Waals surface area contributed by atoms with Crippen LogP contribution in [0.4, 0.5) is 0 Å². The number of likely N-dealkylation sites (N-methyl/N-ethyl adjacent to an activating group) is 1. The van der Waals surface area contributed by atoms with E-state index in [1.807, 2.05) is 11.9 Å². The van der Waals surface area contributed by atoms with E-state index < -0.39 is 0 Å². The molecule has 23 heavy (non-hydrogen) atoms. The first-order valence-corrected chi connectivity index (χ1v) is 9.53. The quantitative estimate of drug-likeness (QED) is 0.770. The molecule has 1 aromatic carbocycles. The minimum absolute atomic E-state index is 0.392. The standard InChI is InChI=1S/C18H27N3OS/c1-14-10-20-7-8-21(12-17(20)13-22-14)23-18-4-3-15-5-6-19(2)11-16(15)9-18/h3-4,9,14,17H,5-8,10-13H2,1-2H3. The smallest absolute Gasteiger partial charge is 0.0674 e. The monoisotopic (exact) mass is 333 g/mol. The predicted molar refractivity (Wildman–Crippen MR) is 94.7 cm³/mol. The van der Waals surface area contributed by atoms with Crippen LogP contribution in [0.1, 0.15) is 18.1 Å². The average Bonchev–Trinajstić information content (AvgIpc) is 2.54. The lowest BCUT2D eigenvalue weighted by atomic mass is 10.0. The molecule has 0 saturated carbocycles. The van der Waals surface area contributed by atoms with Crippen LogP contribution in [0.15, 0.2) is 23.1 Å². The Bertz CT molecular complexity index is 567. The highest BCUT2D eigenvalue weighted by molar-refractivity contribution is 7.97. The van der Waals surface area contributed by atoms with Gasteiger partial charge in [-0.1, -0.05) is 6.07 Å². The summed E-state index contributed by atoms with van der Waals surface area (Å²) >= 11 is 1.93. The number of rotatable bonds is 2. The molecule has 2 atom stereocenters. The topological polar surface area (TPSA) is 19.0 Å². The zero-order valence-corrected chi connectivity index (χ0v) is 15.0. The van der Waals surface area contributed by atoms with Gasteiger partial charge >= 0.3 is 0 Å². The predicted octanol–water partition coefficient (Wildman–Crippen LogP) is 2.09. The lowest BCUT2D eigenvalue weighted by Crippen LogP contribution is -2.58. The first kappa shape index (κ1) is 15.9. The van der Waals surface area contributed by atoms with Crippen LogP contribution in [0.25, 0.3) is 0 Å². The fraction of sp³-hybridized carbons (Fsp3) is 0.667. The Morgan fingerprint density at radius 3 is 2.96 bits per heavy atom. The molecule has 2 unspecified atom stereocenters. The van der Waals surface area contributed by atoms with Crippen molar-refractivity contribution in [2.45, 2.75) is 36.9 Å². The summed E-state index contributed by atoms with van der Waals surface area (Å²) in [6.45, 7) is 9.84. The summed E-state index contributed by atoms with van der Waals surface area (Å²) in [7, 11) is 2.21. The normalized spacial score (nSPS) is 30.0. The number of piperazine rings is 1. The highest BCUT2D eigenvalue weighted by Gasteiger charge is 2.32. The van der Waals surface area contributed by atoms with Crippen LogP contribution in [0.5, 0.6) is 0 Å². The van der Waals surface area contributed by atoms with Crippen molar-refractivity contribution < 1.29 is 4.74 Å². The summed E-state index contributed by atoms with van der Waals surface area (Å²) in [4.78, 5) is 6.40. The molecule has 3 heterocycles. The molecule has 5 heteroatoms. The molecule has 0 aliphatic carbocycles. The van der Waals surface area contributed by atoms with Crippen molar-refractivity contribution in [1.29, 1.82) is 0 Å². The van der Waals surface area contributed by atoms with Gasteiger partial charge in [-0.15, -0.1) is 0 Å². The Morgan fingerprint density at radius 1 is 1.13 bits per heavy atom. The molecule has 3 aliphatic heterocycles. The molecular formula is C18H27N3OS. The minimum atomic E-state index is 0.392. The number of fused-ring (bicyclic) bond motifs is 2. The summed E-state index contributed by atoms with van der Waals surface area (Å²) < 4.78 is 8.37. The van der Waals surface area contributed by atoms with Crippen LogP contribution in [-0.4, -0.2) is 72.6 Å². The van der Waals surface area contributed by atoms with Gasteiger partial charge in [0.25, 0.3) is 0 Å². The fourth-order valence-corrected chi connectivity index (χ4v) is 4.93. The second kappa shape index (κ2) is 6.73. The molecule has 4 rings (SSSR count). The Labute approximate surface area is 143 Å². The maximum Gasteiger partial charge on any atom is 0.0674 e. The second-order valence-electron chi connectivity index (χ2n) is 7.19. The first-order valence-electron chi connectivity index (χ1n) is 8.76. The largest absolute Gasteiger partial charge is 0.375 e. The van der Waals surface area contributed by atoms with Crippen LogP contribution >= 0.6 is 11.9 Å². The van der Waals surface area contributed by atoms with E-state index in [4.69, 9.17) is 4.74 Å². The van der Waals surface area contributed by atoms with Crippen molar-refractivity contribution >= 4 is 11.9 Å². The van der Waals surface area contributed by atoms with Gasteiger partial charge in [0.1, 0.15) is 0 Å². The van der Waals surface area contributed by atoms with Crippen LogP contribution in [0.2, 0.25) is 0 Å². The van der Waals surface area contributed by atoms with Gasteiger partial charge in [-0.2, -0.15) is 0 Å². The molecule has 0 aromatic heterocycles. The molecule has 2 saturated heterocycles. The van der Waals surface area contributed by atoms with Gasteiger partial charge in [0.15, 0.2) is 0 Å². The zero-order valence-electron chi connectivity index (χ0n) is 14.2. The summed E-state index contributed by atoms with van der Waals surface area (Å²) in [6.07, 6.45) is 1.58. The van der Waals surface area contributed by atoms with E-state index in [1.54, 1.807) is 0 Å². The maximum absolute atomic E-state index is 5.85. The van der Waals surface area contributed by atoms with E-state index in [0.717, 1.165) is 32.8 Å². The Balaban J connectivity index is 1.40. The van der Waals surface area contributed by atoms with Gasteiger partial charge in [-0.3, -0.25) is 4.90 Å². The highest BCUT2D eigenvalue weighted by Crippen LogP contribution is 2.30. The number of nitrogens with zero attached hydrogens (tertiary/aromatic N) is 3. The van der Waals surface area contributed by atoms with Gasteiger partial charge in [0.2, 0.25) is 0 Å². The molecule has 0 amide bonds. The highest BCUT2D eigenvalue weighted by atomic mass is 32.2. The van der Waals surface area contributed by atoms with Crippen LogP contribution < -0.4 is 0 Å². The number of ether oxygens (including phenoxy) is 1. The molecule has 0 N–H and O–H groups in total. The van der Waals surface area contributed by atoms with Crippen molar-refractivity contribution in [2.24, 2.45) is 0 Å². The SMILES string of the molecule is CC1CN2CCN(Sc3ccc4c(c3)CN(C)CC4)CC2CO1. The fourth-order valence-electron chi connectivity index (χ4n) is 3.88. The Morgan fingerprint density at radius 2 is 2.04 bits per heavy atom. The van der Waals surface area contributed by atoms with Crippen LogP contribution in [0, 0.1) is 0 Å². The molecule has 0 radical (unpaired) electrons. The minimum Gasteiger partial charge on any atom is -0.375 e. The van der Waals surface area contributed by atoms with E-state index in [0.29, 0.717) is 12.1 Å². The third kappa shape index (κ3) is 3.59. The Hall–Kier alpha value is -0.590. The molecule has 1 aromatic rings. The summed E-state index contributed by atoms with van der Waals surface area (Å²) in [5.41, 5.74) is 3.05. The van der Waals surface area contributed by atoms with Gasteiger partial charge in [-0.25, -0.2) is 4.31 Å². The average molecular weight is 334 g/mol. The van der Waals surface area contributed by atoms with E-state index in [9.17, 15) is 0 Å². The first-order chi connectivity index (χ1) is 11.2. The Kier molecular flexibility index (Phi) is 4.65. The third-order valence-electron chi connectivity index (χ3n) is 5.25.